The number of fused-ring (bicyclic) bond motifs is 1. The fourth-order valence-electron chi connectivity index (χ4n) is 3.27. The summed E-state index contributed by atoms with van der Waals surface area (Å²) in [7, 11) is 0. The van der Waals surface area contributed by atoms with Gasteiger partial charge in [0.2, 0.25) is 0 Å². The summed E-state index contributed by atoms with van der Waals surface area (Å²) in [5.74, 6) is -0.898. The first-order valence-electron chi connectivity index (χ1n) is 7.06. The maximum atomic E-state index is 14.0. The highest BCUT2D eigenvalue weighted by Gasteiger charge is 2.40. The zero-order valence-electron chi connectivity index (χ0n) is 11.4. The van der Waals surface area contributed by atoms with E-state index in [-0.39, 0.29) is 5.75 Å². The maximum Gasteiger partial charge on any atom is 0.191 e. The first-order valence-corrected chi connectivity index (χ1v) is 7.06. The Labute approximate surface area is 116 Å². The van der Waals surface area contributed by atoms with Crippen molar-refractivity contribution in [1.82, 2.24) is 5.32 Å². The molecule has 0 bridgehead atoms. The third kappa shape index (κ3) is 2.40. The molecule has 2 aliphatic rings. The summed E-state index contributed by atoms with van der Waals surface area (Å²) in [6, 6.07) is 2.58. The van der Waals surface area contributed by atoms with Gasteiger partial charge < -0.3 is 15.2 Å². The normalized spacial score (nSPS) is 33.0. The van der Waals surface area contributed by atoms with Crippen LogP contribution in [0.5, 0.6) is 5.75 Å². The smallest absolute Gasteiger partial charge is 0.191 e. The largest absolute Gasteiger partial charge is 0.482 e. The van der Waals surface area contributed by atoms with Crippen LogP contribution < -0.4 is 10.1 Å². The molecule has 0 aromatic heterocycles. The molecule has 1 aromatic rings. The van der Waals surface area contributed by atoms with E-state index in [4.69, 9.17) is 4.74 Å². The van der Waals surface area contributed by atoms with Crippen molar-refractivity contribution >= 4 is 0 Å². The lowest BCUT2D eigenvalue weighted by molar-refractivity contribution is -0.0263. The number of hydrogen-bond donors (Lipinski definition) is 2. The number of rotatable bonds is 2. The van der Waals surface area contributed by atoms with Crippen LogP contribution in [0.1, 0.15) is 18.4 Å². The topological polar surface area (TPSA) is 41.5 Å². The highest BCUT2D eigenvalue weighted by Crippen LogP contribution is 2.36. The van der Waals surface area contributed by atoms with E-state index in [2.05, 4.69) is 5.32 Å². The number of halogens is 2. The Kier molecular flexibility index (Phi) is 3.65. The minimum atomic E-state index is -0.716. The Morgan fingerprint density at radius 3 is 2.65 bits per heavy atom. The summed E-state index contributed by atoms with van der Waals surface area (Å²) < 4.78 is 33.2. The molecule has 2 fully saturated rings. The van der Waals surface area contributed by atoms with Crippen molar-refractivity contribution in [2.75, 3.05) is 13.1 Å². The summed E-state index contributed by atoms with van der Waals surface area (Å²) in [5.41, 5.74) is 0.340. The van der Waals surface area contributed by atoms with E-state index in [1.165, 1.54) is 12.1 Å². The number of ether oxygens (including phenoxy) is 1. The van der Waals surface area contributed by atoms with Gasteiger partial charge in [0.1, 0.15) is 6.10 Å². The lowest BCUT2D eigenvalue weighted by Crippen LogP contribution is -2.42. The molecule has 1 saturated carbocycles. The van der Waals surface area contributed by atoms with Gasteiger partial charge in [-0.15, -0.1) is 0 Å². The van der Waals surface area contributed by atoms with E-state index in [9.17, 15) is 13.9 Å². The highest BCUT2D eigenvalue weighted by atomic mass is 19.1. The number of hydrogen-bond acceptors (Lipinski definition) is 3. The zero-order valence-corrected chi connectivity index (χ0v) is 11.4. The monoisotopic (exact) mass is 283 g/mol. The van der Waals surface area contributed by atoms with E-state index in [0.717, 1.165) is 13.1 Å². The van der Waals surface area contributed by atoms with Crippen LogP contribution in [0.3, 0.4) is 0 Å². The number of nitrogens with one attached hydrogen (secondary N) is 1. The van der Waals surface area contributed by atoms with Gasteiger partial charge in [-0.25, -0.2) is 8.78 Å². The van der Waals surface area contributed by atoms with Gasteiger partial charge in [0.15, 0.2) is 17.4 Å². The fourth-order valence-corrected chi connectivity index (χ4v) is 3.27. The average Bonchev–Trinajstić information content (AvgIpc) is 2.86. The van der Waals surface area contributed by atoms with Crippen molar-refractivity contribution in [2.24, 2.45) is 11.8 Å². The Balaban J connectivity index is 1.79. The molecule has 1 aliphatic heterocycles. The van der Waals surface area contributed by atoms with Gasteiger partial charge >= 0.3 is 0 Å². The van der Waals surface area contributed by atoms with E-state index < -0.39 is 23.8 Å². The molecule has 0 unspecified atom stereocenters. The van der Waals surface area contributed by atoms with E-state index in [1.807, 2.05) is 0 Å². The molecule has 1 saturated heterocycles. The second kappa shape index (κ2) is 5.30. The summed E-state index contributed by atoms with van der Waals surface area (Å²) in [4.78, 5) is 0. The molecule has 3 rings (SSSR count). The molecular weight excluding hydrogens is 264 g/mol. The summed E-state index contributed by atoms with van der Waals surface area (Å²) in [6.07, 6.45) is 0.0423. The van der Waals surface area contributed by atoms with Crippen LogP contribution in [0.4, 0.5) is 8.78 Å². The van der Waals surface area contributed by atoms with Gasteiger partial charge in [-0.05, 0) is 56.3 Å². The quantitative estimate of drug-likeness (QED) is 0.872. The standard InChI is InChI=1S/C15H19F2NO2/c1-8-2-3-11(16)15(14(8)17)20-13-5-10-7-18-6-9(10)4-12(13)19/h2-3,9-10,12-13,18-19H,4-7H2,1H3/t9-,10+,12+,13+/m0/s1. The number of aryl methyl sites for hydroxylation is 1. The van der Waals surface area contributed by atoms with Gasteiger partial charge in [0.05, 0.1) is 6.10 Å². The molecule has 0 amide bonds. The summed E-state index contributed by atoms with van der Waals surface area (Å²) in [5, 5.41) is 13.4. The Morgan fingerprint density at radius 1 is 1.20 bits per heavy atom. The molecule has 4 atom stereocenters. The van der Waals surface area contributed by atoms with Crippen LogP contribution >= 0.6 is 0 Å². The van der Waals surface area contributed by atoms with Crippen molar-refractivity contribution in [3.63, 3.8) is 0 Å². The molecule has 2 N–H and O–H groups in total. The second-order valence-corrected chi connectivity index (χ2v) is 5.88. The van der Waals surface area contributed by atoms with Gasteiger partial charge in [0, 0.05) is 0 Å². The lowest BCUT2D eigenvalue weighted by atomic mass is 9.78. The van der Waals surface area contributed by atoms with Crippen LogP contribution in [0, 0.1) is 30.4 Å². The van der Waals surface area contributed by atoms with Crippen LogP contribution in [0.2, 0.25) is 0 Å². The molecule has 20 heavy (non-hydrogen) atoms. The Bertz CT molecular complexity index is 509. The van der Waals surface area contributed by atoms with Crippen molar-refractivity contribution in [3.8, 4) is 5.75 Å². The molecule has 1 aromatic carbocycles. The van der Waals surface area contributed by atoms with Crippen LogP contribution in [-0.2, 0) is 0 Å². The predicted octanol–water partition coefficient (Wildman–Crippen LogP) is 2.01. The van der Waals surface area contributed by atoms with Crippen LogP contribution in [-0.4, -0.2) is 30.4 Å². The van der Waals surface area contributed by atoms with Crippen LogP contribution in [0.25, 0.3) is 0 Å². The third-order valence-electron chi connectivity index (χ3n) is 4.50. The predicted molar refractivity (Wildman–Crippen MR) is 70.6 cm³/mol. The Hall–Kier alpha value is -1.20. The molecular formula is C15H19F2NO2. The molecule has 0 radical (unpaired) electrons. The summed E-state index contributed by atoms with van der Waals surface area (Å²) >= 11 is 0. The van der Waals surface area contributed by atoms with Gasteiger partial charge in [0.25, 0.3) is 0 Å². The molecule has 1 heterocycles. The highest BCUT2D eigenvalue weighted by molar-refractivity contribution is 5.32. The van der Waals surface area contributed by atoms with Gasteiger partial charge in [-0.2, -0.15) is 0 Å². The van der Waals surface area contributed by atoms with Gasteiger partial charge in [-0.3, -0.25) is 0 Å². The Morgan fingerprint density at radius 2 is 1.90 bits per heavy atom. The lowest BCUT2D eigenvalue weighted by Gasteiger charge is -2.35. The summed E-state index contributed by atoms with van der Waals surface area (Å²) in [6.45, 7) is 3.35. The average molecular weight is 283 g/mol. The van der Waals surface area contributed by atoms with Gasteiger partial charge in [-0.1, -0.05) is 6.07 Å². The van der Waals surface area contributed by atoms with Crippen molar-refractivity contribution in [1.29, 1.82) is 0 Å². The number of aliphatic hydroxyl groups excluding tert-OH is 1. The van der Waals surface area contributed by atoms with Crippen molar-refractivity contribution in [2.45, 2.75) is 32.0 Å². The van der Waals surface area contributed by atoms with E-state index >= 15 is 0 Å². The fraction of sp³-hybridized carbons (Fsp3) is 0.600. The van der Waals surface area contributed by atoms with E-state index in [1.54, 1.807) is 6.92 Å². The van der Waals surface area contributed by atoms with Crippen molar-refractivity contribution in [3.05, 3.63) is 29.3 Å². The first-order chi connectivity index (χ1) is 9.56. The van der Waals surface area contributed by atoms with Crippen molar-refractivity contribution < 1.29 is 18.6 Å². The SMILES string of the molecule is Cc1ccc(F)c(O[C@@H]2C[C@@H]3CNC[C@@H]3C[C@H]2O)c1F. The molecule has 0 spiro atoms. The second-order valence-electron chi connectivity index (χ2n) is 5.88. The minimum absolute atomic E-state index is 0.340. The zero-order chi connectivity index (χ0) is 14.3. The maximum absolute atomic E-state index is 14.0. The first kappa shape index (κ1) is 13.8. The molecule has 3 nitrogen and oxygen atoms in total. The molecule has 1 aliphatic carbocycles. The number of aliphatic hydroxyl groups is 1. The third-order valence-corrected chi connectivity index (χ3v) is 4.50. The van der Waals surface area contributed by atoms with Crippen LogP contribution in [0.15, 0.2) is 12.1 Å². The van der Waals surface area contributed by atoms with E-state index in [0.29, 0.717) is 30.2 Å². The molecule has 110 valence electrons. The minimum Gasteiger partial charge on any atom is -0.482 e. The molecule has 5 heteroatoms. The number of benzene rings is 1.